The third kappa shape index (κ3) is 2.75. The number of thiocarbonyl (C=S) groups is 1. The summed E-state index contributed by atoms with van der Waals surface area (Å²) in [5, 5.41) is 8.91. The molecule has 3 aromatic heterocycles. The highest BCUT2D eigenvalue weighted by atomic mass is 32.1. The number of nitrogens with zero attached hydrogens (tertiary/aromatic N) is 3. The second-order valence-electron chi connectivity index (χ2n) is 5.21. The summed E-state index contributed by atoms with van der Waals surface area (Å²) in [5.41, 5.74) is 3.39. The standard InChI is InChI=1S/C18H13N5S/c24-18(22-12-4-1-7-19-11-12)23-16-10-15-13(5-2-8-20-15)14-6-3-9-21-17(14)16/h1-11H,(H2,22,23,24). The van der Waals surface area contributed by atoms with Gasteiger partial charge >= 0.3 is 0 Å². The van der Waals surface area contributed by atoms with Crippen molar-refractivity contribution in [2.75, 3.05) is 10.6 Å². The van der Waals surface area contributed by atoms with Gasteiger partial charge < -0.3 is 10.6 Å². The van der Waals surface area contributed by atoms with Crippen molar-refractivity contribution >= 4 is 50.5 Å². The molecular formula is C18H13N5S. The Bertz CT molecular complexity index is 1030. The maximum atomic E-state index is 5.41. The first-order chi connectivity index (χ1) is 11.8. The molecule has 2 N–H and O–H groups in total. The maximum absolute atomic E-state index is 5.41. The van der Waals surface area contributed by atoms with Crippen molar-refractivity contribution in [2.24, 2.45) is 0 Å². The number of hydrogen-bond donors (Lipinski definition) is 2. The summed E-state index contributed by atoms with van der Waals surface area (Å²) in [5.74, 6) is 0. The van der Waals surface area contributed by atoms with Crippen LogP contribution in [0, 0.1) is 0 Å². The van der Waals surface area contributed by atoms with Crippen LogP contribution in [0.15, 0.2) is 67.3 Å². The molecule has 0 unspecified atom stereocenters. The highest BCUT2D eigenvalue weighted by Gasteiger charge is 2.09. The van der Waals surface area contributed by atoms with Gasteiger partial charge in [0.15, 0.2) is 5.11 Å². The van der Waals surface area contributed by atoms with Crippen LogP contribution >= 0.6 is 12.2 Å². The molecule has 0 saturated carbocycles. The van der Waals surface area contributed by atoms with Crippen LogP contribution in [-0.4, -0.2) is 20.1 Å². The lowest BCUT2D eigenvalue weighted by Crippen LogP contribution is -2.19. The number of hydrogen-bond acceptors (Lipinski definition) is 4. The fraction of sp³-hybridized carbons (Fsp3) is 0. The summed E-state index contributed by atoms with van der Waals surface area (Å²) in [4.78, 5) is 13.0. The normalized spacial score (nSPS) is 10.7. The predicted molar refractivity (Wildman–Crippen MR) is 101 cm³/mol. The lowest BCUT2D eigenvalue weighted by molar-refractivity contribution is 1.33. The molecular weight excluding hydrogens is 318 g/mol. The van der Waals surface area contributed by atoms with Crippen LogP contribution in [0.2, 0.25) is 0 Å². The van der Waals surface area contributed by atoms with E-state index in [1.807, 2.05) is 42.5 Å². The van der Waals surface area contributed by atoms with Crippen molar-refractivity contribution in [1.82, 2.24) is 15.0 Å². The summed E-state index contributed by atoms with van der Waals surface area (Å²) in [6.45, 7) is 0. The topological polar surface area (TPSA) is 62.7 Å². The third-order valence-electron chi connectivity index (χ3n) is 3.64. The Balaban J connectivity index is 1.74. The Morgan fingerprint density at radius 3 is 2.50 bits per heavy atom. The average Bonchev–Trinajstić information content (AvgIpc) is 2.63. The molecule has 0 spiro atoms. The minimum absolute atomic E-state index is 0.477. The van der Waals surface area contributed by atoms with Crippen molar-refractivity contribution in [1.29, 1.82) is 0 Å². The molecule has 0 atom stereocenters. The number of aromatic nitrogens is 3. The van der Waals surface area contributed by atoms with Crippen molar-refractivity contribution < 1.29 is 0 Å². The summed E-state index contributed by atoms with van der Waals surface area (Å²) in [6.07, 6.45) is 6.98. The van der Waals surface area contributed by atoms with Gasteiger partial charge in [0.1, 0.15) is 0 Å². The molecule has 0 amide bonds. The van der Waals surface area contributed by atoms with E-state index in [2.05, 4.69) is 25.6 Å². The fourth-order valence-electron chi connectivity index (χ4n) is 2.62. The molecule has 0 saturated heterocycles. The van der Waals surface area contributed by atoms with E-state index in [-0.39, 0.29) is 0 Å². The van der Waals surface area contributed by atoms with E-state index in [4.69, 9.17) is 12.2 Å². The molecule has 0 aliphatic rings. The van der Waals surface area contributed by atoms with Crippen LogP contribution < -0.4 is 10.6 Å². The Labute approximate surface area is 143 Å². The summed E-state index contributed by atoms with van der Waals surface area (Å²) < 4.78 is 0. The molecule has 0 aliphatic heterocycles. The molecule has 4 aromatic rings. The monoisotopic (exact) mass is 331 g/mol. The Hall–Kier alpha value is -3.12. The summed E-state index contributed by atoms with van der Waals surface area (Å²) in [6, 6.07) is 13.6. The van der Waals surface area contributed by atoms with E-state index in [1.165, 1.54) is 0 Å². The van der Waals surface area contributed by atoms with Crippen LogP contribution in [0.3, 0.4) is 0 Å². The minimum atomic E-state index is 0.477. The van der Waals surface area contributed by atoms with Gasteiger partial charge in [-0.25, -0.2) is 0 Å². The highest BCUT2D eigenvalue weighted by Crippen LogP contribution is 2.29. The summed E-state index contributed by atoms with van der Waals surface area (Å²) >= 11 is 5.41. The number of fused-ring (bicyclic) bond motifs is 3. The number of pyridine rings is 3. The molecule has 5 nitrogen and oxygen atoms in total. The van der Waals surface area contributed by atoms with Crippen LogP contribution in [0.5, 0.6) is 0 Å². The van der Waals surface area contributed by atoms with Gasteiger partial charge in [-0.3, -0.25) is 15.0 Å². The molecule has 6 heteroatoms. The number of nitrogens with one attached hydrogen (secondary N) is 2. The van der Waals surface area contributed by atoms with Crippen molar-refractivity contribution in [3.05, 3.63) is 67.3 Å². The van der Waals surface area contributed by atoms with Crippen molar-refractivity contribution in [2.45, 2.75) is 0 Å². The van der Waals surface area contributed by atoms with Gasteiger partial charge in [-0.2, -0.15) is 0 Å². The lowest BCUT2D eigenvalue weighted by Gasteiger charge is -2.13. The quantitative estimate of drug-likeness (QED) is 0.428. The third-order valence-corrected chi connectivity index (χ3v) is 3.84. The van der Waals surface area contributed by atoms with E-state index >= 15 is 0 Å². The summed E-state index contributed by atoms with van der Waals surface area (Å²) in [7, 11) is 0. The van der Waals surface area contributed by atoms with E-state index in [1.54, 1.807) is 24.8 Å². The van der Waals surface area contributed by atoms with Crippen LogP contribution in [0.1, 0.15) is 0 Å². The smallest absolute Gasteiger partial charge is 0.175 e. The van der Waals surface area contributed by atoms with Gasteiger partial charge in [0.25, 0.3) is 0 Å². The van der Waals surface area contributed by atoms with Crippen LogP contribution in [-0.2, 0) is 0 Å². The Kier molecular flexibility index (Phi) is 3.72. The SMILES string of the molecule is S=C(Nc1cccnc1)Nc1cc2ncccc2c2cccnc12. The zero-order chi connectivity index (χ0) is 16.4. The molecule has 116 valence electrons. The van der Waals surface area contributed by atoms with E-state index in [0.717, 1.165) is 33.2 Å². The zero-order valence-electron chi connectivity index (χ0n) is 12.6. The molecule has 3 heterocycles. The zero-order valence-corrected chi connectivity index (χ0v) is 13.4. The molecule has 0 bridgehead atoms. The van der Waals surface area contributed by atoms with Gasteiger partial charge in [0.05, 0.1) is 28.6 Å². The first-order valence-corrected chi connectivity index (χ1v) is 7.82. The van der Waals surface area contributed by atoms with Gasteiger partial charge in [-0.1, -0.05) is 12.1 Å². The number of anilines is 2. The van der Waals surface area contributed by atoms with E-state index in [9.17, 15) is 0 Å². The van der Waals surface area contributed by atoms with Gasteiger partial charge in [0.2, 0.25) is 0 Å². The molecule has 0 fully saturated rings. The highest BCUT2D eigenvalue weighted by molar-refractivity contribution is 7.80. The molecule has 4 rings (SSSR count). The second kappa shape index (κ2) is 6.17. The first kappa shape index (κ1) is 14.5. The average molecular weight is 331 g/mol. The van der Waals surface area contributed by atoms with Crippen molar-refractivity contribution in [3.63, 3.8) is 0 Å². The molecule has 1 aromatic carbocycles. The Morgan fingerprint density at radius 1 is 0.875 bits per heavy atom. The fourth-order valence-corrected chi connectivity index (χ4v) is 2.85. The second-order valence-corrected chi connectivity index (χ2v) is 5.62. The predicted octanol–water partition coefficient (Wildman–Crippen LogP) is 3.99. The van der Waals surface area contributed by atoms with Crippen LogP contribution in [0.25, 0.3) is 21.8 Å². The van der Waals surface area contributed by atoms with Gasteiger partial charge in [-0.15, -0.1) is 0 Å². The number of rotatable bonds is 2. The maximum Gasteiger partial charge on any atom is 0.175 e. The van der Waals surface area contributed by atoms with Crippen molar-refractivity contribution in [3.8, 4) is 0 Å². The molecule has 0 aliphatic carbocycles. The van der Waals surface area contributed by atoms with E-state index < -0.39 is 0 Å². The van der Waals surface area contributed by atoms with Gasteiger partial charge in [0, 0.05) is 29.4 Å². The molecule has 0 radical (unpaired) electrons. The number of benzene rings is 1. The molecule has 24 heavy (non-hydrogen) atoms. The minimum Gasteiger partial charge on any atom is -0.331 e. The van der Waals surface area contributed by atoms with Gasteiger partial charge in [-0.05, 0) is 42.5 Å². The largest absolute Gasteiger partial charge is 0.331 e. The Morgan fingerprint density at radius 2 is 1.67 bits per heavy atom. The van der Waals surface area contributed by atoms with E-state index in [0.29, 0.717) is 5.11 Å². The first-order valence-electron chi connectivity index (χ1n) is 7.42. The van der Waals surface area contributed by atoms with Crippen LogP contribution in [0.4, 0.5) is 11.4 Å². The lowest BCUT2D eigenvalue weighted by atomic mass is 10.1.